The molecule has 0 spiro atoms. The van der Waals surface area contributed by atoms with Gasteiger partial charge in [0, 0.05) is 30.8 Å². The molecule has 0 amide bonds. The monoisotopic (exact) mass is 294 g/mol. The second-order valence-corrected chi connectivity index (χ2v) is 5.75. The molecule has 1 fully saturated rings. The number of aliphatic hydroxyl groups excluding tert-OH is 1. The van der Waals surface area contributed by atoms with Gasteiger partial charge in [-0.2, -0.15) is 0 Å². The second-order valence-electron chi connectivity index (χ2n) is 5.75. The molecule has 116 valence electrons. The van der Waals surface area contributed by atoms with Crippen molar-refractivity contribution in [1.29, 1.82) is 0 Å². The van der Waals surface area contributed by atoms with Crippen LogP contribution in [0.4, 0.5) is 5.69 Å². The molecule has 1 atom stereocenters. The lowest BCUT2D eigenvalue weighted by atomic mass is 10.1. The van der Waals surface area contributed by atoms with Crippen LogP contribution in [0.1, 0.15) is 32.3 Å². The van der Waals surface area contributed by atoms with Crippen molar-refractivity contribution < 1.29 is 14.8 Å². The van der Waals surface area contributed by atoms with E-state index in [2.05, 4.69) is 4.90 Å². The molecule has 21 heavy (non-hydrogen) atoms. The maximum Gasteiger partial charge on any atom is 0.270 e. The molecule has 1 saturated heterocycles. The van der Waals surface area contributed by atoms with E-state index in [0.29, 0.717) is 18.8 Å². The lowest BCUT2D eigenvalue weighted by molar-refractivity contribution is -0.385. The standard InChI is InChI=1S/C15H22N2O4/c1-11(2)21-15-6-5-13(17(19)20)8-12(15)9-16-7-3-4-14(18)10-16/h5-6,8,11,14,18H,3-4,7,9-10H2,1-2H3/t14-/m0/s1. The maximum absolute atomic E-state index is 10.9. The van der Waals surface area contributed by atoms with Crippen LogP contribution in [0.15, 0.2) is 18.2 Å². The lowest BCUT2D eigenvalue weighted by Crippen LogP contribution is -2.37. The number of aliphatic hydroxyl groups is 1. The molecule has 0 aromatic heterocycles. The Morgan fingerprint density at radius 3 is 2.90 bits per heavy atom. The molecule has 0 unspecified atom stereocenters. The molecular weight excluding hydrogens is 272 g/mol. The van der Waals surface area contributed by atoms with Crippen molar-refractivity contribution in [2.75, 3.05) is 13.1 Å². The number of likely N-dealkylation sites (tertiary alicyclic amines) is 1. The molecule has 0 saturated carbocycles. The van der Waals surface area contributed by atoms with Gasteiger partial charge in [-0.1, -0.05) is 0 Å². The number of nitrogens with zero attached hydrogens (tertiary/aromatic N) is 2. The van der Waals surface area contributed by atoms with Crippen LogP contribution >= 0.6 is 0 Å². The van der Waals surface area contributed by atoms with Crippen LogP contribution in [0, 0.1) is 10.1 Å². The largest absolute Gasteiger partial charge is 0.491 e. The van der Waals surface area contributed by atoms with Crippen molar-refractivity contribution in [2.45, 2.75) is 45.4 Å². The Labute approximate surface area is 124 Å². The Morgan fingerprint density at radius 1 is 1.52 bits per heavy atom. The Balaban J connectivity index is 2.20. The number of β-amino-alcohol motifs (C(OH)–C–C–N with tert-alkyl or cyclic N) is 1. The predicted molar refractivity (Wildman–Crippen MR) is 79.4 cm³/mol. The summed E-state index contributed by atoms with van der Waals surface area (Å²) in [5.41, 5.74) is 0.866. The minimum atomic E-state index is -0.395. The molecule has 1 heterocycles. The highest BCUT2D eigenvalue weighted by Crippen LogP contribution is 2.27. The van der Waals surface area contributed by atoms with Crippen LogP contribution in [0.5, 0.6) is 5.75 Å². The highest BCUT2D eigenvalue weighted by atomic mass is 16.6. The number of piperidine rings is 1. The fourth-order valence-corrected chi connectivity index (χ4v) is 2.59. The van der Waals surface area contributed by atoms with Crippen molar-refractivity contribution in [1.82, 2.24) is 4.90 Å². The first-order chi connectivity index (χ1) is 9.95. The van der Waals surface area contributed by atoms with E-state index in [9.17, 15) is 15.2 Å². The topological polar surface area (TPSA) is 75.8 Å². The van der Waals surface area contributed by atoms with Crippen molar-refractivity contribution in [2.24, 2.45) is 0 Å². The Bertz CT molecular complexity index is 504. The molecule has 0 aliphatic carbocycles. The van der Waals surface area contributed by atoms with Gasteiger partial charge in [0.15, 0.2) is 0 Å². The van der Waals surface area contributed by atoms with Crippen molar-refractivity contribution in [3.05, 3.63) is 33.9 Å². The molecule has 1 aromatic carbocycles. The molecule has 1 aromatic rings. The summed E-state index contributed by atoms with van der Waals surface area (Å²) in [7, 11) is 0. The SMILES string of the molecule is CC(C)Oc1ccc([N+](=O)[O-])cc1CN1CCC[C@H](O)C1. The first-order valence-electron chi connectivity index (χ1n) is 7.30. The summed E-state index contributed by atoms with van der Waals surface area (Å²) >= 11 is 0. The number of hydrogen-bond acceptors (Lipinski definition) is 5. The molecule has 2 rings (SSSR count). The fourth-order valence-electron chi connectivity index (χ4n) is 2.59. The third-order valence-corrected chi connectivity index (χ3v) is 3.49. The van der Waals surface area contributed by atoms with Gasteiger partial charge in [-0.25, -0.2) is 0 Å². The van der Waals surface area contributed by atoms with E-state index in [1.54, 1.807) is 12.1 Å². The third-order valence-electron chi connectivity index (χ3n) is 3.49. The van der Waals surface area contributed by atoms with Crippen LogP contribution in [0.25, 0.3) is 0 Å². The zero-order chi connectivity index (χ0) is 15.4. The van der Waals surface area contributed by atoms with E-state index in [-0.39, 0.29) is 17.9 Å². The van der Waals surface area contributed by atoms with Gasteiger partial charge in [0.25, 0.3) is 5.69 Å². The van der Waals surface area contributed by atoms with Gasteiger partial charge in [0.2, 0.25) is 0 Å². The molecule has 1 N–H and O–H groups in total. The number of hydrogen-bond donors (Lipinski definition) is 1. The van der Waals surface area contributed by atoms with E-state index in [1.165, 1.54) is 6.07 Å². The molecule has 6 heteroatoms. The molecule has 1 aliphatic heterocycles. The Kier molecular flexibility index (Phi) is 5.14. The quantitative estimate of drug-likeness (QED) is 0.666. The van der Waals surface area contributed by atoms with Crippen LogP contribution in [0.2, 0.25) is 0 Å². The van der Waals surface area contributed by atoms with Gasteiger partial charge in [0.05, 0.1) is 17.1 Å². The average Bonchev–Trinajstić information content (AvgIpc) is 2.40. The Hall–Kier alpha value is -1.66. The van der Waals surface area contributed by atoms with E-state index in [1.807, 2.05) is 13.8 Å². The third kappa shape index (κ3) is 4.41. The summed E-state index contributed by atoms with van der Waals surface area (Å²) in [6.45, 7) is 5.90. The van der Waals surface area contributed by atoms with Crippen molar-refractivity contribution in [3.8, 4) is 5.75 Å². The van der Waals surface area contributed by atoms with Crippen LogP contribution in [-0.2, 0) is 6.54 Å². The first kappa shape index (κ1) is 15.7. The van der Waals surface area contributed by atoms with Gasteiger partial charge in [-0.05, 0) is 39.3 Å². The minimum absolute atomic E-state index is 0.0113. The van der Waals surface area contributed by atoms with E-state index in [4.69, 9.17) is 4.74 Å². The fraction of sp³-hybridized carbons (Fsp3) is 0.600. The summed E-state index contributed by atoms with van der Waals surface area (Å²) in [4.78, 5) is 12.7. The van der Waals surface area contributed by atoms with Gasteiger partial charge in [-0.15, -0.1) is 0 Å². The number of rotatable bonds is 5. The number of benzene rings is 1. The smallest absolute Gasteiger partial charge is 0.270 e. The summed E-state index contributed by atoms with van der Waals surface area (Å²) in [6.07, 6.45) is 1.46. The normalized spacial score (nSPS) is 19.7. The molecule has 0 bridgehead atoms. The number of non-ortho nitro benzene ring substituents is 1. The molecular formula is C15H22N2O4. The Morgan fingerprint density at radius 2 is 2.29 bits per heavy atom. The lowest BCUT2D eigenvalue weighted by Gasteiger charge is -2.30. The van der Waals surface area contributed by atoms with Crippen LogP contribution in [0.3, 0.4) is 0 Å². The van der Waals surface area contributed by atoms with Gasteiger partial charge < -0.3 is 9.84 Å². The number of ether oxygens (including phenoxy) is 1. The van der Waals surface area contributed by atoms with Crippen molar-refractivity contribution >= 4 is 5.69 Å². The maximum atomic E-state index is 10.9. The zero-order valence-electron chi connectivity index (χ0n) is 12.5. The minimum Gasteiger partial charge on any atom is -0.491 e. The number of nitro benzene ring substituents is 1. The summed E-state index contributed by atoms with van der Waals surface area (Å²) in [5.74, 6) is 0.677. The highest BCUT2D eigenvalue weighted by Gasteiger charge is 2.20. The van der Waals surface area contributed by atoms with Gasteiger partial charge >= 0.3 is 0 Å². The zero-order valence-corrected chi connectivity index (χ0v) is 12.5. The predicted octanol–water partition coefficient (Wildman–Crippen LogP) is 2.34. The van der Waals surface area contributed by atoms with Gasteiger partial charge in [0.1, 0.15) is 5.75 Å². The highest BCUT2D eigenvalue weighted by molar-refractivity contribution is 5.44. The summed E-state index contributed by atoms with van der Waals surface area (Å²) in [6, 6.07) is 4.69. The molecule has 1 aliphatic rings. The van der Waals surface area contributed by atoms with E-state index < -0.39 is 4.92 Å². The molecule has 6 nitrogen and oxygen atoms in total. The second kappa shape index (κ2) is 6.87. The van der Waals surface area contributed by atoms with Crippen LogP contribution < -0.4 is 4.74 Å². The van der Waals surface area contributed by atoms with Crippen LogP contribution in [-0.4, -0.2) is 40.2 Å². The average molecular weight is 294 g/mol. The van der Waals surface area contributed by atoms with Crippen molar-refractivity contribution in [3.63, 3.8) is 0 Å². The van der Waals surface area contributed by atoms with E-state index >= 15 is 0 Å². The molecule has 0 radical (unpaired) electrons. The number of nitro groups is 1. The summed E-state index contributed by atoms with van der Waals surface area (Å²) < 4.78 is 5.74. The van der Waals surface area contributed by atoms with Gasteiger partial charge in [-0.3, -0.25) is 15.0 Å². The van der Waals surface area contributed by atoms with E-state index in [0.717, 1.165) is 24.9 Å². The summed E-state index contributed by atoms with van der Waals surface area (Å²) in [5, 5.41) is 20.7. The first-order valence-corrected chi connectivity index (χ1v) is 7.30.